The third kappa shape index (κ3) is 71.1. The van der Waals surface area contributed by atoms with Gasteiger partial charge in [-0.25, -0.2) is 9.13 Å². The standard InChI is InChI=1S/C79H154O17P2/c1-9-72(8)58-50-42-33-27-21-14-10-11-15-22-28-34-43-51-59-76(81)89-65-74(95-78(83)61-53-45-35-29-23-16-12-13-19-25-31-39-47-55-69(2)3)67-93-97(85,86)91-63-73(80)64-92-98(87,88)94-68-75(66-90-77(82)60-52-44-38-37-41-49-57-71(6)7)96-79(84)62-54-46-36-30-24-18-17-20-26-32-40-48-56-70(4)5/h69-75,80H,9-68H2,1-8H3,(H,85,86)(H,87,88)/t72?,73-,74-,75-/m1/s1. The van der Waals surface area contributed by atoms with Gasteiger partial charge in [0.15, 0.2) is 12.2 Å². The first kappa shape index (κ1) is 96.1. The molecule has 19 heteroatoms. The predicted molar refractivity (Wildman–Crippen MR) is 400 cm³/mol. The number of aliphatic hydroxyl groups excluding tert-OH is 1. The molecule has 0 amide bonds. The average molecular weight is 1440 g/mol. The van der Waals surface area contributed by atoms with E-state index in [1.54, 1.807) is 0 Å². The van der Waals surface area contributed by atoms with Gasteiger partial charge in [0, 0.05) is 25.7 Å². The summed E-state index contributed by atoms with van der Waals surface area (Å²) in [5.74, 6) is 0.975. The lowest BCUT2D eigenvalue weighted by Gasteiger charge is -2.21. The Morgan fingerprint density at radius 3 is 0.724 bits per heavy atom. The maximum absolute atomic E-state index is 13.1. The van der Waals surface area contributed by atoms with Crippen LogP contribution in [0.1, 0.15) is 402 Å². The van der Waals surface area contributed by atoms with Gasteiger partial charge in [0.05, 0.1) is 26.4 Å². The first-order valence-corrected chi connectivity index (χ1v) is 43.7. The first-order valence-electron chi connectivity index (χ1n) is 40.7. The lowest BCUT2D eigenvalue weighted by atomic mass is 9.99. The highest BCUT2D eigenvalue weighted by Gasteiger charge is 2.30. The molecule has 0 heterocycles. The van der Waals surface area contributed by atoms with E-state index in [9.17, 15) is 43.2 Å². The van der Waals surface area contributed by atoms with Crippen LogP contribution in [-0.2, 0) is 65.4 Å². The Labute approximate surface area is 600 Å². The number of phosphoric acid groups is 2. The summed E-state index contributed by atoms with van der Waals surface area (Å²) in [6, 6.07) is 0. The minimum absolute atomic E-state index is 0.105. The van der Waals surface area contributed by atoms with Gasteiger partial charge in [-0.2, -0.15) is 0 Å². The molecule has 0 rings (SSSR count). The maximum Gasteiger partial charge on any atom is 0.472 e. The van der Waals surface area contributed by atoms with Gasteiger partial charge in [-0.15, -0.1) is 0 Å². The topological polar surface area (TPSA) is 237 Å². The van der Waals surface area contributed by atoms with Crippen molar-refractivity contribution >= 4 is 39.5 Å². The monoisotopic (exact) mass is 1440 g/mol. The van der Waals surface area contributed by atoms with Crippen molar-refractivity contribution in [3.8, 4) is 0 Å². The molecular formula is C79H154O17P2. The number of carbonyl (C=O) groups excluding carboxylic acids is 4. The number of hydrogen-bond acceptors (Lipinski definition) is 15. The minimum Gasteiger partial charge on any atom is -0.462 e. The van der Waals surface area contributed by atoms with Crippen LogP contribution in [0.4, 0.5) is 0 Å². The average Bonchev–Trinajstić information content (AvgIpc) is 1.03. The SMILES string of the molecule is CCC(C)CCCCCCCCCCCCCCCCC(=O)OC[C@H](COP(=O)(O)OC[C@@H](O)COP(=O)(O)OC[C@@H](COC(=O)CCCCCCCCC(C)C)OC(=O)CCCCCCCCCCCCCCC(C)C)OC(=O)CCCCCCCCCCCCCCCC(C)C. The lowest BCUT2D eigenvalue weighted by molar-refractivity contribution is -0.161. The summed E-state index contributed by atoms with van der Waals surface area (Å²) in [6.07, 6.45) is 54.2. The summed E-state index contributed by atoms with van der Waals surface area (Å²) in [5, 5.41) is 10.6. The molecule has 17 nitrogen and oxygen atoms in total. The summed E-state index contributed by atoms with van der Waals surface area (Å²) < 4.78 is 68.6. The molecule has 3 N–H and O–H groups in total. The van der Waals surface area contributed by atoms with E-state index < -0.39 is 97.5 Å². The number of unbranched alkanes of at least 4 members (excludes halogenated alkanes) is 41. The summed E-state index contributed by atoms with van der Waals surface area (Å²) >= 11 is 0. The van der Waals surface area contributed by atoms with Crippen LogP contribution in [0.15, 0.2) is 0 Å². The second kappa shape index (κ2) is 68.2. The van der Waals surface area contributed by atoms with Gasteiger partial charge in [-0.1, -0.05) is 351 Å². The Morgan fingerprint density at radius 1 is 0.286 bits per heavy atom. The van der Waals surface area contributed by atoms with Crippen molar-refractivity contribution in [3.63, 3.8) is 0 Å². The Hall–Kier alpha value is -1.94. The normalized spacial score (nSPS) is 14.3. The largest absolute Gasteiger partial charge is 0.472 e. The van der Waals surface area contributed by atoms with E-state index in [4.69, 9.17) is 37.0 Å². The molecule has 0 fully saturated rings. The van der Waals surface area contributed by atoms with E-state index in [1.165, 1.54) is 199 Å². The fraction of sp³-hybridized carbons (Fsp3) is 0.949. The fourth-order valence-corrected chi connectivity index (χ4v) is 13.6. The molecule has 582 valence electrons. The molecule has 3 unspecified atom stereocenters. The Balaban J connectivity index is 5.24. The Kier molecular flexibility index (Phi) is 66.8. The number of ether oxygens (including phenoxy) is 4. The van der Waals surface area contributed by atoms with E-state index >= 15 is 0 Å². The number of phosphoric ester groups is 2. The Bertz CT molecular complexity index is 1920. The number of hydrogen-bond donors (Lipinski definition) is 3. The highest BCUT2D eigenvalue weighted by Crippen LogP contribution is 2.45. The van der Waals surface area contributed by atoms with Crippen LogP contribution >= 0.6 is 15.6 Å². The number of aliphatic hydroxyl groups is 1. The quantitative estimate of drug-likeness (QED) is 0.0222. The van der Waals surface area contributed by atoms with E-state index in [1.807, 2.05) is 0 Å². The van der Waals surface area contributed by atoms with E-state index in [0.29, 0.717) is 31.6 Å². The van der Waals surface area contributed by atoms with Crippen LogP contribution in [0.25, 0.3) is 0 Å². The first-order chi connectivity index (χ1) is 47.1. The molecule has 0 saturated heterocycles. The molecule has 0 aromatic rings. The fourth-order valence-electron chi connectivity index (χ4n) is 12.0. The number of carbonyl (C=O) groups is 4. The van der Waals surface area contributed by atoms with Crippen molar-refractivity contribution in [1.82, 2.24) is 0 Å². The molecule has 98 heavy (non-hydrogen) atoms. The van der Waals surface area contributed by atoms with Gasteiger partial charge < -0.3 is 33.8 Å². The van der Waals surface area contributed by atoms with Crippen molar-refractivity contribution < 1.29 is 80.2 Å². The van der Waals surface area contributed by atoms with Crippen LogP contribution < -0.4 is 0 Å². The predicted octanol–water partition coefficient (Wildman–Crippen LogP) is 23.2. The van der Waals surface area contributed by atoms with Crippen molar-refractivity contribution in [2.75, 3.05) is 39.6 Å². The van der Waals surface area contributed by atoms with E-state index in [0.717, 1.165) is 114 Å². The third-order valence-corrected chi connectivity index (χ3v) is 20.6. The van der Waals surface area contributed by atoms with Crippen LogP contribution in [0.3, 0.4) is 0 Å². The summed E-state index contributed by atoms with van der Waals surface area (Å²) in [5.41, 5.74) is 0. The second-order valence-electron chi connectivity index (χ2n) is 30.1. The molecule has 0 aliphatic heterocycles. The summed E-state index contributed by atoms with van der Waals surface area (Å²) in [4.78, 5) is 72.9. The highest BCUT2D eigenvalue weighted by atomic mass is 31.2. The van der Waals surface area contributed by atoms with Crippen molar-refractivity contribution in [1.29, 1.82) is 0 Å². The van der Waals surface area contributed by atoms with Gasteiger partial charge >= 0.3 is 39.5 Å². The minimum atomic E-state index is -4.96. The molecule has 0 aliphatic carbocycles. The number of esters is 4. The molecule has 0 bridgehead atoms. The van der Waals surface area contributed by atoms with Gasteiger partial charge in [-0.05, 0) is 49.4 Å². The van der Waals surface area contributed by atoms with Crippen LogP contribution in [0.5, 0.6) is 0 Å². The van der Waals surface area contributed by atoms with Gasteiger partial charge in [0.25, 0.3) is 0 Å². The highest BCUT2D eigenvalue weighted by molar-refractivity contribution is 7.47. The van der Waals surface area contributed by atoms with Crippen LogP contribution in [-0.4, -0.2) is 96.7 Å². The molecule has 0 aromatic heterocycles. The zero-order chi connectivity index (χ0) is 72.4. The summed E-state index contributed by atoms with van der Waals surface area (Å²) in [7, 11) is -9.92. The Morgan fingerprint density at radius 2 is 0.490 bits per heavy atom. The molecule has 6 atom stereocenters. The van der Waals surface area contributed by atoms with Crippen LogP contribution in [0, 0.1) is 23.7 Å². The van der Waals surface area contributed by atoms with Gasteiger partial charge in [0.2, 0.25) is 0 Å². The van der Waals surface area contributed by atoms with Crippen molar-refractivity contribution in [3.05, 3.63) is 0 Å². The zero-order valence-corrected chi connectivity index (χ0v) is 66.2. The van der Waals surface area contributed by atoms with E-state index in [2.05, 4.69) is 55.4 Å². The molecule has 0 aromatic carbocycles. The molecular weight excluding hydrogens is 1280 g/mol. The lowest BCUT2D eigenvalue weighted by Crippen LogP contribution is -2.30. The summed E-state index contributed by atoms with van der Waals surface area (Å²) in [6.45, 7) is 14.2. The molecule has 0 radical (unpaired) electrons. The van der Waals surface area contributed by atoms with Crippen molar-refractivity contribution in [2.45, 2.75) is 420 Å². The van der Waals surface area contributed by atoms with Crippen LogP contribution in [0.2, 0.25) is 0 Å². The smallest absolute Gasteiger partial charge is 0.462 e. The van der Waals surface area contributed by atoms with E-state index in [-0.39, 0.29) is 25.7 Å². The molecule has 0 saturated carbocycles. The van der Waals surface area contributed by atoms with Gasteiger partial charge in [0.1, 0.15) is 19.3 Å². The van der Waals surface area contributed by atoms with Crippen molar-refractivity contribution in [2.24, 2.45) is 23.7 Å². The molecule has 0 aliphatic rings. The third-order valence-electron chi connectivity index (χ3n) is 18.7. The second-order valence-corrected chi connectivity index (χ2v) is 33.0. The molecule has 0 spiro atoms. The zero-order valence-electron chi connectivity index (χ0n) is 64.4. The maximum atomic E-state index is 13.1. The number of rotatable bonds is 76. The van der Waals surface area contributed by atoms with Gasteiger partial charge in [-0.3, -0.25) is 37.3 Å².